The number of allylic oxidation sites excluding steroid dienone is 8. The number of pyridine rings is 1. The second-order valence-electron chi connectivity index (χ2n) is 20.3. The van der Waals surface area contributed by atoms with E-state index >= 15 is 0 Å². The first-order valence-corrected chi connectivity index (χ1v) is 22.4. The van der Waals surface area contributed by atoms with Gasteiger partial charge in [0.05, 0.1) is 11.5 Å². The molecule has 1 heterocycles. The van der Waals surface area contributed by atoms with Gasteiger partial charge < -0.3 is 9.47 Å². The maximum atomic E-state index is 6.36. The molecule has 8 aliphatic carbocycles. The van der Waals surface area contributed by atoms with Crippen LogP contribution >= 0.6 is 0 Å². The highest BCUT2D eigenvalue weighted by molar-refractivity contribution is 5.80. The van der Waals surface area contributed by atoms with E-state index in [9.17, 15) is 0 Å². The molecule has 54 heavy (non-hydrogen) atoms. The Bertz CT molecular complexity index is 1810. The molecular weight excluding hydrogens is 659 g/mol. The van der Waals surface area contributed by atoms with Crippen LogP contribution in [-0.4, -0.2) is 17.2 Å². The molecule has 0 N–H and O–H groups in total. The molecule has 0 aromatic carbocycles. The molecule has 12 atom stereocenters. The molecule has 12 unspecified atom stereocenters. The van der Waals surface area contributed by atoms with Gasteiger partial charge in [-0.1, -0.05) is 90.1 Å². The Morgan fingerprint density at radius 3 is 1.78 bits per heavy atom. The number of nitrogens with zero attached hydrogens (tertiary/aromatic N) is 1. The van der Waals surface area contributed by atoms with Crippen LogP contribution in [-0.2, 0) is 9.47 Å². The highest BCUT2D eigenvalue weighted by Gasteiger charge is 2.62. The van der Waals surface area contributed by atoms with Gasteiger partial charge in [0.15, 0.2) is 0 Å². The van der Waals surface area contributed by atoms with Crippen LogP contribution in [0.3, 0.4) is 0 Å². The van der Waals surface area contributed by atoms with E-state index in [4.69, 9.17) is 14.5 Å². The monoisotopic (exact) mass is 728 g/mol. The van der Waals surface area contributed by atoms with Crippen molar-refractivity contribution in [2.45, 2.75) is 156 Å². The fourth-order valence-electron chi connectivity index (χ4n) is 15.1. The van der Waals surface area contributed by atoms with Gasteiger partial charge in [-0.15, -0.1) is 0 Å². The number of rotatable bonds is 8. The van der Waals surface area contributed by atoms with Crippen LogP contribution in [0.5, 0.6) is 0 Å². The van der Waals surface area contributed by atoms with Crippen LogP contribution in [0.4, 0.5) is 0 Å². The first-order valence-electron chi connectivity index (χ1n) is 22.4. The minimum absolute atomic E-state index is 0.187. The van der Waals surface area contributed by atoms with E-state index in [0.717, 1.165) is 73.2 Å². The highest BCUT2D eigenvalue weighted by atomic mass is 16.5. The first kappa shape index (κ1) is 36.8. The minimum Gasteiger partial charge on any atom is -0.495 e. The second kappa shape index (κ2) is 13.4. The maximum absolute atomic E-state index is 6.36. The van der Waals surface area contributed by atoms with Gasteiger partial charge in [-0.3, -0.25) is 4.98 Å². The molecule has 1 aromatic rings. The van der Waals surface area contributed by atoms with Crippen molar-refractivity contribution >= 4 is 5.57 Å². The summed E-state index contributed by atoms with van der Waals surface area (Å²) < 4.78 is 12.7. The average molecular weight is 728 g/mol. The van der Waals surface area contributed by atoms with Gasteiger partial charge in [-0.25, -0.2) is 0 Å². The van der Waals surface area contributed by atoms with Crippen molar-refractivity contribution in [2.75, 3.05) is 0 Å². The normalized spacial score (nSPS) is 43.6. The molecule has 4 fully saturated rings. The molecule has 3 nitrogen and oxygen atoms in total. The number of hydrogen-bond donors (Lipinski definition) is 0. The molecule has 3 heteroatoms. The van der Waals surface area contributed by atoms with E-state index < -0.39 is 0 Å². The SMILES string of the molecule is C=C(CC)OC1CCC2(C)C(=CCC3C2CCC2(C)C(C4=C(c5cccnc5)C5(C)CCC6C(CC=C7CC(OC(=C)CC)CCC76C)C5C4)=CCC32)C1. The van der Waals surface area contributed by atoms with E-state index in [1.54, 1.807) is 27.9 Å². The summed E-state index contributed by atoms with van der Waals surface area (Å²) in [4.78, 5) is 4.76. The van der Waals surface area contributed by atoms with Crippen molar-refractivity contribution in [1.82, 2.24) is 4.98 Å². The molecule has 0 aliphatic heterocycles. The van der Waals surface area contributed by atoms with E-state index in [2.05, 4.69) is 91.3 Å². The van der Waals surface area contributed by atoms with Crippen LogP contribution < -0.4 is 0 Å². The first-order chi connectivity index (χ1) is 25.9. The molecule has 0 bridgehead atoms. The maximum Gasteiger partial charge on any atom is 0.102 e. The lowest BCUT2D eigenvalue weighted by atomic mass is 9.47. The summed E-state index contributed by atoms with van der Waals surface area (Å²) in [5, 5.41) is 0. The molecule has 0 saturated heterocycles. The van der Waals surface area contributed by atoms with Crippen LogP contribution in [0, 0.1) is 57.2 Å². The fourth-order valence-corrected chi connectivity index (χ4v) is 15.1. The molecule has 8 aliphatic rings. The Kier molecular flexibility index (Phi) is 9.14. The number of fused-ring (bicyclic) bond motifs is 10. The van der Waals surface area contributed by atoms with Crippen LogP contribution in [0.2, 0.25) is 0 Å². The zero-order valence-electron chi connectivity index (χ0n) is 34.7. The lowest BCUT2D eigenvalue weighted by Crippen LogP contribution is -2.50. The predicted octanol–water partition coefficient (Wildman–Crippen LogP) is 13.5. The summed E-state index contributed by atoms with van der Waals surface area (Å²) in [7, 11) is 0. The van der Waals surface area contributed by atoms with Crippen LogP contribution in [0.25, 0.3) is 5.57 Å². The van der Waals surface area contributed by atoms with Gasteiger partial charge >= 0.3 is 0 Å². The minimum atomic E-state index is 0.187. The topological polar surface area (TPSA) is 31.4 Å². The Hall–Kier alpha value is -2.81. The Labute approximate surface area is 327 Å². The Morgan fingerprint density at radius 2 is 1.22 bits per heavy atom. The standard InChI is InChI=1S/C51H69NO2/c1-9-32(3)53-37-19-23-48(5)35(28-37)13-15-39-42-17-18-43(50(42,7)25-21-44(39)48)41-30-46-40-16-14-36-29-38(54-33(4)10-2)20-24-49(36,6)45(40)22-26-51(46,8)47(41)34-12-11-27-52-31-34/h11-14,18,27,31,37-40,42,44-46H,3-4,9-10,15-17,19-26,28-30H2,1-2,5-8H3. The molecule has 0 radical (unpaired) electrons. The van der Waals surface area contributed by atoms with Crippen molar-refractivity contribution < 1.29 is 9.47 Å². The summed E-state index contributed by atoms with van der Waals surface area (Å²) in [6.07, 6.45) is 32.2. The van der Waals surface area contributed by atoms with E-state index in [0.29, 0.717) is 29.0 Å². The Morgan fingerprint density at radius 1 is 0.667 bits per heavy atom. The largest absolute Gasteiger partial charge is 0.495 e. The molecular formula is C51H69NO2. The van der Waals surface area contributed by atoms with Crippen molar-refractivity contribution in [3.05, 3.63) is 95.3 Å². The summed E-state index contributed by atoms with van der Waals surface area (Å²) in [6.45, 7) is 23.4. The number of aromatic nitrogens is 1. The third kappa shape index (κ3) is 5.49. The van der Waals surface area contributed by atoms with E-state index in [-0.39, 0.29) is 10.8 Å². The van der Waals surface area contributed by atoms with Gasteiger partial charge in [-0.05, 0) is 163 Å². The van der Waals surface area contributed by atoms with Crippen molar-refractivity contribution in [3.8, 4) is 0 Å². The third-order valence-corrected chi connectivity index (χ3v) is 18.1. The summed E-state index contributed by atoms with van der Waals surface area (Å²) in [5.74, 6) is 6.40. The molecule has 0 spiro atoms. The van der Waals surface area contributed by atoms with Crippen LogP contribution in [0.15, 0.2) is 89.7 Å². The zero-order chi connectivity index (χ0) is 37.6. The van der Waals surface area contributed by atoms with Gasteiger partial charge in [-0.2, -0.15) is 0 Å². The fraction of sp³-hybridized carbons (Fsp3) is 0.667. The molecule has 0 amide bonds. The van der Waals surface area contributed by atoms with Crippen molar-refractivity contribution in [1.29, 1.82) is 0 Å². The average Bonchev–Trinajstić information content (AvgIpc) is 3.68. The lowest BCUT2D eigenvalue weighted by Gasteiger charge is -2.58. The molecule has 290 valence electrons. The van der Waals surface area contributed by atoms with E-state index in [1.165, 1.54) is 76.2 Å². The summed E-state index contributed by atoms with van der Waals surface area (Å²) in [6, 6.07) is 4.58. The van der Waals surface area contributed by atoms with Crippen molar-refractivity contribution in [3.63, 3.8) is 0 Å². The molecule has 9 rings (SSSR count). The second-order valence-corrected chi connectivity index (χ2v) is 20.3. The van der Waals surface area contributed by atoms with E-state index in [1.807, 2.05) is 6.20 Å². The lowest BCUT2D eigenvalue weighted by molar-refractivity contribution is -0.0339. The van der Waals surface area contributed by atoms with Crippen LogP contribution in [0.1, 0.15) is 150 Å². The third-order valence-electron chi connectivity index (χ3n) is 18.1. The number of ether oxygens (including phenoxy) is 2. The molecule has 4 saturated carbocycles. The summed E-state index contributed by atoms with van der Waals surface area (Å²) >= 11 is 0. The van der Waals surface area contributed by atoms with Gasteiger partial charge in [0.2, 0.25) is 0 Å². The quantitative estimate of drug-likeness (QED) is 0.197. The van der Waals surface area contributed by atoms with Gasteiger partial charge in [0.1, 0.15) is 12.2 Å². The van der Waals surface area contributed by atoms with Gasteiger partial charge in [0.25, 0.3) is 0 Å². The zero-order valence-corrected chi connectivity index (χ0v) is 34.7. The Balaban J connectivity index is 1.01. The van der Waals surface area contributed by atoms with Gasteiger partial charge in [0, 0.05) is 38.1 Å². The predicted molar refractivity (Wildman–Crippen MR) is 222 cm³/mol. The van der Waals surface area contributed by atoms with Crippen molar-refractivity contribution in [2.24, 2.45) is 57.2 Å². The smallest absolute Gasteiger partial charge is 0.102 e. The summed E-state index contributed by atoms with van der Waals surface area (Å²) in [5.41, 5.74) is 11.0. The number of hydrogen-bond acceptors (Lipinski definition) is 3. The molecule has 1 aromatic heterocycles. The highest BCUT2D eigenvalue weighted by Crippen LogP contribution is 2.72.